The van der Waals surface area contributed by atoms with Gasteiger partial charge in [-0.25, -0.2) is 8.78 Å². The molecule has 0 atom stereocenters. The highest BCUT2D eigenvalue weighted by molar-refractivity contribution is 5.97. The Morgan fingerprint density at radius 2 is 1.66 bits per heavy atom. The quantitative estimate of drug-likeness (QED) is 0.740. The molecule has 0 aliphatic carbocycles. The summed E-state index contributed by atoms with van der Waals surface area (Å²) in [6.45, 7) is 3.99. The molecule has 6 nitrogen and oxygen atoms in total. The van der Waals surface area contributed by atoms with Crippen LogP contribution in [0.2, 0.25) is 0 Å². The van der Waals surface area contributed by atoms with Crippen LogP contribution in [0.25, 0.3) is 11.1 Å². The van der Waals surface area contributed by atoms with Gasteiger partial charge in [0, 0.05) is 26.2 Å². The Morgan fingerprint density at radius 1 is 0.966 bits per heavy atom. The lowest BCUT2D eigenvalue weighted by Crippen LogP contribution is -2.43. The molecule has 1 saturated heterocycles. The fourth-order valence-corrected chi connectivity index (χ4v) is 3.02. The van der Waals surface area contributed by atoms with Crippen molar-refractivity contribution in [3.63, 3.8) is 0 Å². The largest absolute Gasteiger partial charge is 0.379 e. The molecule has 1 heterocycles. The van der Waals surface area contributed by atoms with Crippen molar-refractivity contribution in [2.24, 2.45) is 0 Å². The third kappa shape index (κ3) is 6.07. The van der Waals surface area contributed by atoms with E-state index < -0.39 is 11.7 Å². The predicted octanol–water partition coefficient (Wildman–Crippen LogP) is 1.81. The molecular weight excluding hydrogens is 380 g/mol. The van der Waals surface area contributed by atoms with E-state index in [-0.39, 0.29) is 23.8 Å². The van der Waals surface area contributed by atoms with Crippen LogP contribution < -0.4 is 10.6 Å². The van der Waals surface area contributed by atoms with Crippen LogP contribution in [0.1, 0.15) is 10.4 Å². The zero-order chi connectivity index (χ0) is 20.6. The number of halogens is 2. The van der Waals surface area contributed by atoms with Gasteiger partial charge in [0.1, 0.15) is 11.6 Å². The number of carbonyl (C=O) groups is 2. The normalized spacial score (nSPS) is 14.4. The van der Waals surface area contributed by atoms with Gasteiger partial charge in [0.15, 0.2) is 0 Å². The summed E-state index contributed by atoms with van der Waals surface area (Å²) >= 11 is 0. The number of carbonyl (C=O) groups excluding carboxylic acids is 2. The highest BCUT2D eigenvalue weighted by Crippen LogP contribution is 2.22. The summed E-state index contributed by atoms with van der Waals surface area (Å²) in [6.07, 6.45) is 0. The van der Waals surface area contributed by atoms with Gasteiger partial charge in [0.2, 0.25) is 5.91 Å². The van der Waals surface area contributed by atoms with Crippen molar-refractivity contribution in [1.29, 1.82) is 0 Å². The van der Waals surface area contributed by atoms with Gasteiger partial charge >= 0.3 is 0 Å². The molecule has 1 fully saturated rings. The van der Waals surface area contributed by atoms with E-state index in [0.717, 1.165) is 13.1 Å². The molecule has 0 radical (unpaired) electrons. The Morgan fingerprint density at radius 3 is 2.34 bits per heavy atom. The van der Waals surface area contributed by atoms with Crippen LogP contribution in [-0.4, -0.2) is 62.7 Å². The first kappa shape index (κ1) is 20.9. The summed E-state index contributed by atoms with van der Waals surface area (Å²) in [4.78, 5) is 26.2. The second kappa shape index (κ2) is 10.1. The van der Waals surface area contributed by atoms with E-state index >= 15 is 0 Å². The van der Waals surface area contributed by atoms with Gasteiger partial charge in [-0.2, -0.15) is 0 Å². The zero-order valence-corrected chi connectivity index (χ0v) is 15.9. The van der Waals surface area contributed by atoms with Crippen molar-refractivity contribution >= 4 is 11.8 Å². The fraction of sp³-hybridized carbons (Fsp3) is 0.333. The van der Waals surface area contributed by atoms with Crippen molar-refractivity contribution in [3.8, 4) is 11.1 Å². The molecule has 8 heteroatoms. The summed E-state index contributed by atoms with van der Waals surface area (Å²) < 4.78 is 32.6. The number of hydrogen-bond donors (Lipinski definition) is 2. The van der Waals surface area contributed by atoms with E-state index in [0.29, 0.717) is 37.4 Å². The van der Waals surface area contributed by atoms with E-state index in [2.05, 4.69) is 15.5 Å². The van der Waals surface area contributed by atoms with Gasteiger partial charge in [-0.3, -0.25) is 14.5 Å². The number of nitrogens with zero attached hydrogens (tertiary/aromatic N) is 1. The average Bonchev–Trinajstić information content (AvgIpc) is 2.73. The molecule has 1 aliphatic rings. The fourth-order valence-electron chi connectivity index (χ4n) is 3.02. The first-order valence-electron chi connectivity index (χ1n) is 9.43. The van der Waals surface area contributed by atoms with Gasteiger partial charge in [0.25, 0.3) is 5.91 Å². The number of morpholine rings is 1. The van der Waals surface area contributed by atoms with Crippen molar-refractivity contribution in [2.75, 3.05) is 45.9 Å². The number of nitrogens with one attached hydrogen (secondary N) is 2. The SMILES string of the molecule is O=C(CNC(=O)c1ccc(-c2ccc(F)cc2)cc1F)NCCN1CCOCC1. The molecular formula is C21H23F2N3O3. The minimum absolute atomic E-state index is 0.156. The van der Waals surface area contributed by atoms with Crippen molar-refractivity contribution in [3.05, 3.63) is 59.7 Å². The van der Waals surface area contributed by atoms with Crippen molar-refractivity contribution < 1.29 is 23.1 Å². The highest BCUT2D eigenvalue weighted by Gasteiger charge is 2.14. The lowest BCUT2D eigenvalue weighted by Gasteiger charge is -2.26. The standard InChI is InChI=1S/C21H23F2N3O3/c22-17-4-1-15(2-5-17)16-3-6-18(19(23)13-16)21(28)25-14-20(27)24-7-8-26-9-11-29-12-10-26/h1-6,13H,7-12,14H2,(H,24,27)(H,25,28). The molecule has 0 saturated carbocycles. The Labute approximate surface area is 167 Å². The summed E-state index contributed by atoms with van der Waals surface area (Å²) in [5, 5.41) is 5.15. The van der Waals surface area contributed by atoms with E-state index in [1.807, 2.05) is 0 Å². The monoisotopic (exact) mass is 403 g/mol. The molecule has 0 spiro atoms. The second-order valence-electron chi connectivity index (χ2n) is 6.69. The maximum Gasteiger partial charge on any atom is 0.254 e. The van der Waals surface area contributed by atoms with Gasteiger partial charge < -0.3 is 15.4 Å². The Balaban J connectivity index is 1.47. The van der Waals surface area contributed by atoms with E-state index in [4.69, 9.17) is 4.74 Å². The first-order chi connectivity index (χ1) is 14.0. The number of rotatable bonds is 7. The maximum absolute atomic E-state index is 14.3. The molecule has 0 aromatic heterocycles. The van der Waals surface area contributed by atoms with Crippen LogP contribution in [-0.2, 0) is 9.53 Å². The molecule has 2 aromatic rings. The van der Waals surface area contributed by atoms with Crippen LogP contribution in [0.15, 0.2) is 42.5 Å². The van der Waals surface area contributed by atoms with Crippen LogP contribution >= 0.6 is 0 Å². The lowest BCUT2D eigenvalue weighted by atomic mass is 10.0. The minimum Gasteiger partial charge on any atom is -0.379 e. The van der Waals surface area contributed by atoms with Gasteiger partial charge in [-0.05, 0) is 35.4 Å². The van der Waals surface area contributed by atoms with Gasteiger partial charge in [-0.15, -0.1) is 0 Å². The summed E-state index contributed by atoms with van der Waals surface area (Å²) in [5.41, 5.74) is 1.01. The molecule has 154 valence electrons. The number of benzene rings is 2. The second-order valence-corrected chi connectivity index (χ2v) is 6.69. The smallest absolute Gasteiger partial charge is 0.254 e. The molecule has 2 N–H and O–H groups in total. The number of amides is 2. The van der Waals surface area contributed by atoms with Crippen LogP contribution in [0, 0.1) is 11.6 Å². The predicted molar refractivity (Wildman–Crippen MR) is 104 cm³/mol. The summed E-state index contributed by atoms with van der Waals surface area (Å²) in [7, 11) is 0. The minimum atomic E-state index is -0.711. The number of ether oxygens (including phenoxy) is 1. The summed E-state index contributed by atoms with van der Waals surface area (Å²) in [6, 6.07) is 9.77. The molecule has 2 aromatic carbocycles. The maximum atomic E-state index is 14.3. The zero-order valence-electron chi connectivity index (χ0n) is 15.9. The van der Waals surface area contributed by atoms with E-state index in [1.165, 1.54) is 36.4 Å². The third-order valence-corrected chi connectivity index (χ3v) is 4.65. The Hall–Kier alpha value is -2.84. The molecule has 1 aliphatic heterocycles. The molecule has 0 unspecified atom stereocenters. The van der Waals surface area contributed by atoms with Crippen LogP contribution in [0.5, 0.6) is 0 Å². The first-order valence-corrected chi connectivity index (χ1v) is 9.43. The van der Waals surface area contributed by atoms with Crippen molar-refractivity contribution in [1.82, 2.24) is 15.5 Å². The number of hydrogen-bond acceptors (Lipinski definition) is 4. The molecule has 29 heavy (non-hydrogen) atoms. The molecule has 0 bridgehead atoms. The molecule has 2 amide bonds. The Bertz CT molecular complexity index is 853. The van der Waals surface area contributed by atoms with E-state index in [1.54, 1.807) is 6.07 Å². The molecule has 3 rings (SSSR count). The summed E-state index contributed by atoms with van der Waals surface area (Å²) in [5.74, 6) is -2.10. The van der Waals surface area contributed by atoms with Gasteiger partial charge in [0.05, 0.1) is 25.3 Å². The van der Waals surface area contributed by atoms with Crippen LogP contribution in [0.3, 0.4) is 0 Å². The highest BCUT2D eigenvalue weighted by atomic mass is 19.1. The third-order valence-electron chi connectivity index (χ3n) is 4.65. The Kier molecular flexibility index (Phi) is 7.26. The average molecular weight is 403 g/mol. The van der Waals surface area contributed by atoms with Crippen LogP contribution in [0.4, 0.5) is 8.78 Å². The topological polar surface area (TPSA) is 70.7 Å². The van der Waals surface area contributed by atoms with Crippen molar-refractivity contribution in [2.45, 2.75) is 0 Å². The van der Waals surface area contributed by atoms with E-state index in [9.17, 15) is 18.4 Å². The lowest BCUT2D eigenvalue weighted by molar-refractivity contribution is -0.120. The van der Waals surface area contributed by atoms with Gasteiger partial charge in [-0.1, -0.05) is 18.2 Å².